The Morgan fingerprint density at radius 3 is 2.56 bits per heavy atom. The minimum atomic E-state index is -0.461. The van der Waals surface area contributed by atoms with Crippen LogP contribution in [0.2, 0.25) is 5.02 Å². The first kappa shape index (κ1) is 25.4. The molecule has 3 N–H and O–H groups in total. The van der Waals surface area contributed by atoms with Crippen molar-refractivity contribution in [3.8, 4) is 11.5 Å². The maximum atomic E-state index is 12.5. The third-order valence-corrected chi connectivity index (χ3v) is 5.91. The second-order valence-electron chi connectivity index (χ2n) is 8.24. The number of aryl methyl sites for hydroxylation is 1. The van der Waals surface area contributed by atoms with Gasteiger partial charge in [-0.15, -0.1) is 0 Å². The maximum Gasteiger partial charge on any atom is 0.256 e. The summed E-state index contributed by atoms with van der Waals surface area (Å²) in [6.07, 6.45) is 1.88. The molecule has 2 aliphatic rings. The second-order valence-corrected chi connectivity index (χ2v) is 8.65. The predicted octanol–water partition coefficient (Wildman–Crippen LogP) is 3.92. The smallest absolute Gasteiger partial charge is 0.256 e. The number of rotatable bonds is 8. The van der Waals surface area contributed by atoms with Crippen molar-refractivity contribution in [2.24, 2.45) is 11.7 Å². The van der Waals surface area contributed by atoms with E-state index in [-0.39, 0.29) is 30.7 Å². The number of methoxy groups -OCH3 is 1. The molecule has 2 aromatic rings. The molecular formula is C25H30ClN3O5. The van der Waals surface area contributed by atoms with Crippen molar-refractivity contribution in [3.05, 3.63) is 52.0 Å². The Bertz CT molecular complexity index is 1080. The van der Waals surface area contributed by atoms with Crippen molar-refractivity contribution in [3.63, 3.8) is 0 Å². The van der Waals surface area contributed by atoms with Crippen LogP contribution in [0.1, 0.15) is 47.7 Å². The van der Waals surface area contributed by atoms with Crippen LogP contribution in [0.15, 0.2) is 30.3 Å². The van der Waals surface area contributed by atoms with Gasteiger partial charge in [0.15, 0.2) is 11.5 Å². The lowest BCUT2D eigenvalue weighted by atomic mass is 10.1. The molecule has 0 radical (unpaired) electrons. The van der Waals surface area contributed by atoms with Crippen LogP contribution in [0.4, 0.5) is 5.69 Å². The van der Waals surface area contributed by atoms with E-state index in [1.807, 2.05) is 32.0 Å². The molecule has 0 saturated heterocycles. The van der Waals surface area contributed by atoms with Gasteiger partial charge in [-0.2, -0.15) is 0 Å². The van der Waals surface area contributed by atoms with E-state index in [1.165, 1.54) is 10.5 Å². The number of benzene rings is 2. The molecule has 1 fully saturated rings. The number of carbonyl (C=O) groups is 3. The summed E-state index contributed by atoms with van der Waals surface area (Å²) in [6.45, 7) is 5.23. The Morgan fingerprint density at radius 1 is 1.21 bits per heavy atom. The number of hydrogen-bond donors (Lipinski definition) is 2. The lowest BCUT2D eigenvalue weighted by Crippen LogP contribution is -2.28. The van der Waals surface area contributed by atoms with E-state index >= 15 is 0 Å². The van der Waals surface area contributed by atoms with E-state index in [9.17, 15) is 14.4 Å². The summed E-state index contributed by atoms with van der Waals surface area (Å²) in [5, 5.41) is 3.29. The van der Waals surface area contributed by atoms with E-state index in [4.69, 9.17) is 26.8 Å². The molecule has 4 rings (SSSR count). The van der Waals surface area contributed by atoms with Crippen LogP contribution in [-0.2, 0) is 16.1 Å². The lowest BCUT2D eigenvalue weighted by Gasteiger charge is -2.14. The van der Waals surface area contributed by atoms with Gasteiger partial charge in [0, 0.05) is 36.0 Å². The Labute approximate surface area is 204 Å². The van der Waals surface area contributed by atoms with Crippen molar-refractivity contribution < 1.29 is 23.9 Å². The van der Waals surface area contributed by atoms with Crippen LogP contribution in [0.5, 0.6) is 11.5 Å². The Kier molecular flexibility index (Phi) is 8.39. The first-order valence-corrected chi connectivity index (χ1v) is 11.6. The summed E-state index contributed by atoms with van der Waals surface area (Å²) in [6, 6.07) is 9.22. The summed E-state index contributed by atoms with van der Waals surface area (Å²) in [5.41, 5.74) is 7.90. The fourth-order valence-electron chi connectivity index (χ4n) is 3.60. The molecule has 0 bridgehead atoms. The molecule has 1 aliphatic carbocycles. The van der Waals surface area contributed by atoms with E-state index in [1.54, 1.807) is 19.2 Å². The highest BCUT2D eigenvalue weighted by Crippen LogP contribution is 2.36. The van der Waals surface area contributed by atoms with Crippen molar-refractivity contribution in [2.75, 3.05) is 25.6 Å². The molecule has 0 atom stereocenters. The van der Waals surface area contributed by atoms with Crippen LogP contribution in [0.3, 0.4) is 0 Å². The molecule has 1 aliphatic heterocycles. The first-order valence-electron chi connectivity index (χ1n) is 11.2. The highest BCUT2D eigenvalue weighted by molar-refractivity contribution is 6.32. The molecule has 8 nitrogen and oxygen atoms in total. The van der Waals surface area contributed by atoms with E-state index in [2.05, 4.69) is 5.32 Å². The average Bonchev–Trinajstić information content (AvgIpc) is 3.59. The second kappa shape index (κ2) is 11.2. The average molecular weight is 488 g/mol. The van der Waals surface area contributed by atoms with Gasteiger partial charge < -0.3 is 25.4 Å². The number of fused-ring (bicyclic) bond motifs is 1. The van der Waals surface area contributed by atoms with E-state index in [0.29, 0.717) is 35.0 Å². The molecule has 1 heterocycles. The minimum Gasteiger partial charge on any atom is -0.493 e. The third kappa shape index (κ3) is 6.20. The van der Waals surface area contributed by atoms with Crippen LogP contribution in [0.25, 0.3) is 0 Å². The predicted molar refractivity (Wildman–Crippen MR) is 130 cm³/mol. The van der Waals surface area contributed by atoms with Crippen LogP contribution in [0, 0.1) is 12.8 Å². The maximum absolute atomic E-state index is 12.5. The molecule has 0 spiro atoms. The number of anilines is 1. The lowest BCUT2D eigenvalue weighted by molar-refractivity contribution is -0.118. The number of hydrogen-bond acceptors (Lipinski definition) is 5. The number of nitrogens with one attached hydrogen (secondary N) is 1. The quantitative estimate of drug-likeness (QED) is 0.586. The highest BCUT2D eigenvalue weighted by atomic mass is 35.5. The molecule has 2 aromatic carbocycles. The largest absolute Gasteiger partial charge is 0.493 e. The van der Waals surface area contributed by atoms with Gasteiger partial charge in [-0.3, -0.25) is 14.4 Å². The van der Waals surface area contributed by atoms with Gasteiger partial charge in [0.2, 0.25) is 11.8 Å². The molecule has 1 saturated carbocycles. The number of carbonyl (C=O) groups excluding carboxylic acids is 3. The molecule has 9 heteroatoms. The molecule has 3 amide bonds. The van der Waals surface area contributed by atoms with Gasteiger partial charge in [0.1, 0.15) is 0 Å². The number of halogens is 1. The third-order valence-electron chi connectivity index (χ3n) is 5.56. The standard InChI is InChI=1S/C15H16ClN3O3.C10H14O2/c16-10-3-4-11(18-14(21)8-1-2-8)13-9(10)7-19(15(13)22)6-5-12(17)20;1-4-12-10-7-8(2)5-6-9(10)11-3/h3-4,8H,1-2,5-7H2,(H2,17,20)(H,18,21);5-7H,4H2,1-3H3. The first-order chi connectivity index (χ1) is 16.2. The van der Waals surface area contributed by atoms with E-state index < -0.39 is 5.91 Å². The van der Waals surface area contributed by atoms with Crippen LogP contribution < -0.4 is 20.5 Å². The fourth-order valence-corrected chi connectivity index (χ4v) is 3.82. The normalized spacial score (nSPS) is 14.1. The zero-order valence-corrected chi connectivity index (χ0v) is 20.4. The number of nitrogens with two attached hydrogens (primary N) is 1. The van der Waals surface area contributed by atoms with Gasteiger partial charge in [0.25, 0.3) is 5.91 Å². The number of primary amides is 1. The van der Waals surface area contributed by atoms with Crippen molar-refractivity contribution in [1.82, 2.24) is 4.90 Å². The minimum absolute atomic E-state index is 0.0498. The summed E-state index contributed by atoms with van der Waals surface area (Å²) in [5.74, 6) is 0.908. The highest BCUT2D eigenvalue weighted by Gasteiger charge is 2.34. The fraction of sp³-hybridized carbons (Fsp3) is 0.400. The molecule has 0 unspecified atom stereocenters. The summed E-state index contributed by atoms with van der Waals surface area (Å²) in [7, 11) is 1.65. The zero-order valence-electron chi connectivity index (χ0n) is 19.7. The monoisotopic (exact) mass is 487 g/mol. The van der Waals surface area contributed by atoms with Crippen LogP contribution in [-0.4, -0.2) is 42.9 Å². The molecular weight excluding hydrogens is 458 g/mol. The summed E-state index contributed by atoms with van der Waals surface area (Å²) < 4.78 is 10.5. The SMILES string of the molecule is CCOc1cc(C)ccc1OC.NC(=O)CCN1Cc2c(Cl)ccc(NC(=O)C3CC3)c2C1=O. The van der Waals surface area contributed by atoms with Crippen molar-refractivity contribution >= 4 is 35.0 Å². The van der Waals surface area contributed by atoms with Crippen LogP contribution >= 0.6 is 11.6 Å². The van der Waals surface area contributed by atoms with E-state index in [0.717, 1.165) is 24.3 Å². The molecule has 0 aromatic heterocycles. The number of nitrogens with zero attached hydrogens (tertiary/aromatic N) is 1. The zero-order chi connectivity index (χ0) is 24.8. The Morgan fingerprint density at radius 2 is 1.94 bits per heavy atom. The van der Waals surface area contributed by atoms with Gasteiger partial charge >= 0.3 is 0 Å². The van der Waals surface area contributed by atoms with Crippen molar-refractivity contribution in [1.29, 1.82) is 0 Å². The van der Waals surface area contributed by atoms with Gasteiger partial charge in [-0.05, 0) is 56.5 Å². The Hall–Kier alpha value is -3.26. The van der Waals surface area contributed by atoms with Gasteiger partial charge in [-0.25, -0.2) is 0 Å². The molecule has 182 valence electrons. The van der Waals surface area contributed by atoms with Gasteiger partial charge in [0.05, 0.1) is 25.0 Å². The Balaban J connectivity index is 0.000000229. The topological polar surface area (TPSA) is 111 Å². The summed E-state index contributed by atoms with van der Waals surface area (Å²) >= 11 is 6.16. The number of amides is 3. The number of ether oxygens (including phenoxy) is 2. The summed E-state index contributed by atoms with van der Waals surface area (Å²) in [4.78, 5) is 36.9. The van der Waals surface area contributed by atoms with Gasteiger partial charge in [-0.1, -0.05) is 17.7 Å². The van der Waals surface area contributed by atoms with Crippen molar-refractivity contribution in [2.45, 2.75) is 39.7 Å². The molecule has 34 heavy (non-hydrogen) atoms.